The molecule has 1 aliphatic rings. The Morgan fingerprint density at radius 2 is 2.43 bits per heavy atom. The summed E-state index contributed by atoms with van der Waals surface area (Å²) in [5.74, 6) is 0. The van der Waals surface area contributed by atoms with E-state index in [2.05, 4.69) is 24.4 Å². The van der Waals surface area contributed by atoms with Gasteiger partial charge in [-0.1, -0.05) is 0 Å². The first-order valence-corrected chi connectivity index (χ1v) is 2.77. The highest BCUT2D eigenvalue weighted by molar-refractivity contribution is 4.66. The molecule has 1 atom stereocenters. The normalized spacial score (nSPS) is 34.3. The molecule has 0 radical (unpaired) electrons. The first-order chi connectivity index (χ1) is 3.30. The van der Waals surface area contributed by atoms with Crippen LogP contribution in [0.5, 0.6) is 0 Å². The zero-order chi connectivity index (χ0) is 5.28. The van der Waals surface area contributed by atoms with Gasteiger partial charge in [0.25, 0.3) is 0 Å². The van der Waals surface area contributed by atoms with Gasteiger partial charge in [-0.05, 0) is 13.3 Å². The third-order valence-electron chi connectivity index (χ3n) is 1.58. The lowest BCUT2D eigenvalue weighted by Crippen LogP contribution is -2.30. The van der Waals surface area contributed by atoms with Crippen molar-refractivity contribution in [1.29, 1.82) is 0 Å². The lowest BCUT2D eigenvalue weighted by atomic mass is 10.3. The SMILES string of the molecule is C[C@@H]1CCNN1C. The summed E-state index contributed by atoms with van der Waals surface area (Å²) in [7, 11) is 2.08. The van der Waals surface area contributed by atoms with Crippen LogP contribution in [0.15, 0.2) is 0 Å². The maximum Gasteiger partial charge on any atom is 0.0224 e. The fourth-order valence-corrected chi connectivity index (χ4v) is 0.799. The number of nitrogens with zero attached hydrogens (tertiary/aromatic N) is 1. The predicted octanol–water partition coefficient (Wildman–Crippen LogP) is 0.215. The van der Waals surface area contributed by atoms with Crippen molar-refractivity contribution in [3.8, 4) is 0 Å². The van der Waals surface area contributed by atoms with Crippen LogP contribution in [0.25, 0.3) is 0 Å². The van der Waals surface area contributed by atoms with E-state index in [1.165, 1.54) is 6.42 Å². The van der Waals surface area contributed by atoms with Gasteiger partial charge in [0.1, 0.15) is 0 Å². The average molecular weight is 100 g/mol. The van der Waals surface area contributed by atoms with E-state index in [0.29, 0.717) is 0 Å². The Labute approximate surface area is 44.5 Å². The minimum atomic E-state index is 0.736. The summed E-state index contributed by atoms with van der Waals surface area (Å²) in [4.78, 5) is 0. The number of hydrazine groups is 1. The van der Waals surface area contributed by atoms with Gasteiger partial charge >= 0.3 is 0 Å². The maximum absolute atomic E-state index is 3.20. The van der Waals surface area contributed by atoms with Crippen molar-refractivity contribution >= 4 is 0 Å². The number of hydrogen-bond acceptors (Lipinski definition) is 2. The first kappa shape index (κ1) is 5.06. The molecule has 0 unspecified atom stereocenters. The molecule has 1 rings (SSSR count). The van der Waals surface area contributed by atoms with Gasteiger partial charge in [-0.15, -0.1) is 0 Å². The van der Waals surface area contributed by atoms with Crippen LogP contribution >= 0.6 is 0 Å². The van der Waals surface area contributed by atoms with E-state index in [0.717, 1.165) is 12.6 Å². The smallest absolute Gasteiger partial charge is 0.0224 e. The highest BCUT2D eigenvalue weighted by Gasteiger charge is 2.13. The van der Waals surface area contributed by atoms with Crippen molar-refractivity contribution in [2.45, 2.75) is 19.4 Å². The van der Waals surface area contributed by atoms with Crippen LogP contribution in [0, 0.1) is 0 Å². The van der Waals surface area contributed by atoms with Crippen LogP contribution in [0.1, 0.15) is 13.3 Å². The summed E-state index contributed by atoms with van der Waals surface area (Å²) in [5, 5.41) is 2.15. The van der Waals surface area contributed by atoms with Gasteiger partial charge in [-0.25, -0.2) is 5.01 Å². The summed E-state index contributed by atoms with van der Waals surface area (Å²) < 4.78 is 0. The molecule has 42 valence electrons. The topological polar surface area (TPSA) is 15.3 Å². The molecule has 1 N–H and O–H groups in total. The van der Waals surface area contributed by atoms with E-state index >= 15 is 0 Å². The average Bonchev–Trinajstić information content (AvgIpc) is 1.91. The molecule has 1 heterocycles. The highest BCUT2D eigenvalue weighted by atomic mass is 15.5. The van der Waals surface area contributed by atoms with Gasteiger partial charge in [0.05, 0.1) is 0 Å². The van der Waals surface area contributed by atoms with E-state index < -0.39 is 0 Å². The number of hydrogen-bond donors (Lipinski definition) is 1. The van der Waals surface area contributed by atoms with Gasteiger partial charge in [0.2, 0.25) is 0 Å². The molecule has 0 spiro atoms. The maximum atomic E-state index is 3.20. The van der Waals surface area contributed by atoms with Crippen molar-refractivity contribution in [3.05, 3.63) is 0 Å². The molecule has 0 aliphatic carbocycles. The molecule has 0 aromatic heterocycles. The van der Waals surface area contributed by atoms with Gasteiger partial charge in [-0.2, -0.15) is 0 Å². The summed E-state index contributed by atoms with van der Waals surface area (Å²) in [5.41, 5.74) is 3.20. The Bertz CT molecular complexity index is 55.1. The zero-order valence-corrected chi connectivity index (χ0v) is 4.94. The molecule has 1 fully saturated rings. The Balaban J connectivity index is 2.33. The van der Waals surface area contributed by atoms with Crippen LogP contribution in [-0.2, 0) is 0 Å². The van der Waals surface area contributed by atoms with E-state index in [1.54, 1.807) is 0 Å². The molecule has 0 aromatic rings. The molecule has 2 heteroatoms. The molecule has 2 nitrogen and oxygen atoms in total. The molecule has 1 aliphatic heterocycles. The second-order valence-corrected chi connectivity index (χ2v) is 2.16. The van der Waals surface area contributed by atoms with Crippen LogP contribution in [0.3, 0.4) is 0 Å². The van der Waals surface area contributed by atoms with Gasteiger partial charge in [0.15, 0.2) is 0 Å². The van der Waals surface area contributed by atoms with E-state index in [1.807, 2.05) is 0 Å². The predicted molar refractivity (Wildman–Crippen MR) is 29.8 cm³/mol. The van der Waals surface area contributed by atoms with Gasteiger partial charge in [0, 0.05) is 19.6 Å². The van der Waals surface area contributed by atoms with E-state index in [4.69, 9.17) is 0 Å². The molecule has 0 amide bonds. The monoisotopic (exact) mass is 100 g/mol. The highest BCUT2D eigenvalue weighted by Crippen LogP contribution is 2.02. The van der Waals surface area contributed by atoms with Crippen molar-refractivity contribution in [3.63, 3.8) is 0 Å². The van der Waals surface area contributed by atoms with Crippen molar-refractivity contribution < 1.29 is 0 Å². The van der Waals surface area contributed by atoms with Crippen molar-refractivity contribution in [2.24, 2.45) is 0 Å². The fourth-order valence-electron chi connectivity index (χ4n) is 0.799. The van der Waals surface area contributed by atoms with Gasteiger partial charge < -0.3 is 0 Å². The Morgan fingerprint density at radius 1 is 1.71 bits per heavy atom. The van der Waals surface area contributed by atoms with Crippen LogP contribution in [-0.4, -0.2) is 24.6 Å². The largest absolute Gasteiger partial charge is 0.255 e. The van der Waals surface area contributed by atoms with Crippen molar-refractivity contribution in [1.82, 2.24) is 10.4 Å². The Hall–Kier alpha value is -0.0800. The molecule has 0 aromatic carbocycles. The third-order valence-corrected chi connectivity index (χ3v) is 1.58. The molecule has 0 saturated carbocycles. The van der Waals surface area contributed by atoms with Crippen molar-refractivity contribution in [2.75, 3.05) is 13.6 Å². The quantitative estimate of drug-likeness (QED) is 0.468. The summed E-state index contributed by atoms with van der Waals surface area (Å²) in [6, 6.07) is 0.736. The molecule has 1 saturated heterocycles. The summed E-state index contributed by atoms with van der Waals surface area (Å²) >= 11 is 0. The zero-order valence-electron chi connectivity index (χ0n) is 4.94. The summed E-state index contributed by atoms with van der Waals surface area (Å²) in [6.07, 6.45) is 1.29. The lowest BCUT2D eigenvalue weighted by molar-refractivity contribution is 0.251. The number of nitrogens with one attached hydrogen (secondary N) is 1. The molecule has 0 bridgehead atoms. The molecular formula is C5H12N2. The Morgan fingerprint density at radius 3 is 2.57 bits per heavy atom. The van der Waals surface area contributed by atoms with Crippen LogP contribution < -0.4 is 5.43 Å². The summed E-state index contributed by atoms with van der Waals surface area (Å²) in [6.45, 7) is 3.37. The van der Waals surface area contributed by atoms with E-state index in [-0.39, 0.29) is 0 Å². The first-order valence-electron chi connectivity index (χ1n) is 2.77. The van der Waals surface area contributed by atoms with E-state index in [9.17, 15) is 0 Å². The minimum Gasteiger partial charge on any atom is -0.255 e. The minimum absolute atomic E-state index is 0.736. The number of rotatable bonds is 0. The second-order valence-electron chi connectivity index (χ2n) is 2.16. The Kier molecular flexibility index (Phi) is 1.30. The van der Waals surface area contributed by atoms with Gasteiger partial charge in [-0.3, -0.25) is 5.43 Å². The lowest BCUT2D eigenvalue weighted by Gasteiger charge is -2.12. The fraction of sp³-hybridized carbons (Fsp3) is 1.00. The standard InChI is InChI=1S/C5H12N2/c1-5-3-4-6-7(5)2/h5-6H,3-4H2,1-2H3/t5-/m1/s1. The molecular weight excluding hydrogens is 88.1 g/mol. The molecule has 7 heavy (non-hydrogen) atoms. The second kappa shape index (κ2) is 1.80. The third kappa shape index (κ3) is 0.924. The van der Waals surface area contributed by atoms with Crippen LogP contribution in [0.4, 0.5) is 0 Å². The van der Waals surface area contributed by atoms with Crippen LogP contribution in [0.2, 0.25) is 0 Å².